The van der Waals surface area contributed by atoms with Crippen LogP contribution in [0, 0.1) is 0 Å². The molecule has 0 saturated carbocycles. The van der Waals surface area contributed by atoms with E-state index in [9.17, 15) is 14.7 Å². The Morgan fingerprint density at radius 2 is 1.85 bits per heavy atom. The van der Waals surface area contributed by atoms with Gasteiger partial charge in [0.1, 0.15) is 5.84 Å². The molecule has 0 radical (unpaired) electrons. The second-order valence-corrected chi connectivity index (χ2v) is 6.31. The molecule has 1 amide bonds. The highest BCUT2D eigenvalue weighted by Gasteiger charge is 2.16. The fourth-order valence-corrected chi connectivity index (χ4v) is 2.80. The minimum atomic E-state index is -1.00. The highest BCUT2D eigenvalue weighted by Crippen LogP contribution is 2.32. The number of nitrogens with zero attached hydrogens (tertiary/aromatic N) is 2. The number of aliphatic carboxylic acids is 1. The molecule has 0 unspecified atom stereocenters. The predicted molar refractivity (Wildman–Crippen MR) is 101 cm³/mol. The first-order valence-corrected chi connectivity index (χ1v) is 8.08. The van der Waals surface area contributed by atoms with Gasteiger partial charge in [-0.15, -0.1) is 0 Å². The van der Waals surface area contributed by atoms with E-state index in [-0.39, 0.29) is 23.7 Å². The molecule has 2 aromatic carbocycles. The van der Waals surface area contributed by atoms with Crippen LogP contribution in [0.25, 0.3) is 17.2 Å². The largest absolute Gasteiger partial charge is 0.478 e. The van der Waals surface area contributed by atoms with Gasteiger partial charge in [0.15, 0.2) is 0 Å². The summed E-state index contributed by atoms with van der Waals surface area (Å²) >= 11 is 0. The van der Waals surface area contributed by atoms with Crippen LogP contribution in [0.2, 0.25) is 0 Å². The zero-order valence-electron chi connectivity index (χ0n) is 14.6. The van der Waals surface area contributed by atoms with E-state index in [1.807, 2.05) is 36.4 Å². The Labute approximate surface area is 151 Å². The SMILES string of the molecule is CN(C)C(=O)c1cccc(-c2ccc3c(c2)N=C(N)CC(C(=O)O)=C3)c1. The molecule has 6 nitrogen and oxygen atoms in total. The van der Waals surface area contributed by atoms with Crippen molar-refractivity contribution in [2.75, 3.05) is 14.1 Å². The summed E-state index contributed by atoms with van der Waals surface area (Å²) in [6, 6.07) is 12.9. The van der Waals surface area contributed by atoms with Crippen LogP contribution in [0.3, 0.4) is 0 Å². The van der Waals surface area contributed by atoms with Crippen molar-refractivity contribution in [3.8, 4) is 11.1 Å². The first kappa shape index (κ1) is 17.4. The minimum absolute atomic E-state index is 0.0714. The molecule has 0 atom stereocenters. The van der Waals surface area contributed by atoms with E-state index in [2.05, 4.69) is 4.99 Å². The molecule has 132 valence electrons. The van der Waals surface area contributed by atoms with E-state index in [4.69, 9.17) is 5.73 Å². The molecule has 3 rings (SSSR count). The Kier molecular flexibility index (Phi) is 4.58. The van der Waals surface area contributed by atoms with Gasteiger partial charge in [-0.2, -0.15) is 0 Å². The zero-order chi connectivity index (χ0) is 18.8. The lowest BCUT2D eigenvalue weighted by molar-refractivity contribution is -0.132. The van der Waals surface area contributed by atoms with Crippen molar-refractivity contribution in [3.05, 3.63) is 59.2 Å². The second kappa shape index (κ2) is 6.84. The minimum Gasteiger partial charge on any atom is -0.478 e. The third-order valence-corrected chi connectivity index (χ3v) is 4.12. The van der Waals surface area contributed by atoms with Crippen LogP contribution in [0.4, 0.5) is 5.69 Å². The van der Waals surface area contributed by atoms with Crippen LogP contribution in [-0.4, -0.2) is 41.8 Å². The van der Waals surface area contributed by atoms with Crippen molar-refractivity contribution >= 4 is 29.5 Å². The number of rotatable bonds is 3. The van der Waals surface area contributed by atoms with Gasteiger partial charge in [-0.1, -0.05) is 24.3 Å². The number of amidine groups is 1. The van der Waals surface area contributed by atoms with Gasteiger partial charge in [-0.25, -0.2) is 9.79 Å². The van der Waals surface area contributed by atoms with Gasteiger partial charge in [0.2, 0.25) is 0 Å². The molecule has 1 aliphatic rings. The number of amides is 1. The number of hydrogen-bond acceptors (Lipinski definition) is 4. The lowest BCUT2D eigenvalue weighted by atomic mass is 9.99. The van der Waals surface area contributed by atoms with Crippen molar-refractivity contribution in [2.45, 2.75) is 6.42 Å². The third-order valence-electron chi connectivity index (χ3n) is 4.12. The van der Waals surface area contributed by atoms with Gasteiger partial charge in [0.05, 0.1) is 5.69 Å². The van der Waals surface area contributed by atoms with Crippen LogP contribution < -0.4 is 5.73 Å². The summed E-state index contributed by atoms with van der Waals surface area (Å²) in [6.45, 7) is 0. The Balaban J connectivity index is 2.05. The first-order chi connectivity index (χ1) is 12.3. The molecule has 0 aliphatic carbocycles. The number of nitrogens with two attached hydrogens (primary N) is 1. The quantitative estimate of drug-likeness (QED) is 0.890. The van der Waals surface area contributed by atoms with Gasteiger partial charge in [0.25, 0.3) is 5.91 Å². The van der Waals surface area contributed by atoms with Gasteiger partial charge in [-0.05, 0) is 35.4 Å². The highest BCUT2D eigenvalue weighted by molar-refractivity contribution is 6.02. The average molecular weight is 349 g/mol. The molecule has 0 saturated heterocycles. The fraction of sp³-hybridized carbons (Fsp3) is 0.150. The molecule has 0 aromatic heterocycles. The van der Waals surface area contributed by atoms with Crippen molar-refractivity contribution < 1.29 is 14.7 Å². The fourth-order valence-electron chi connectivity index (χ4n) is 2.80. The summed E-state index contributed by atoms with van der Waals surface area (Å²) in [5.74, 6) is -0.820. The van der Waals surface area contributed by atoms with Gasteiger partial charge in [0, 0.05) is 37.2 Å². The molecule has 0 bridgehead atoms. The number of aliphatic imine (C=N–C) groups is 1. The van der Waals surface area contributed by atoms with Crippen molar-refractivity contribution in [2.24, 2.45) is 10.7 Å². The number of benzene rings is 2. The van der Waals surface area contributed by atoms with Crippen LogP contribution in [-0.2, 0) is 4.79 Å². The van der Waals surface area contributed by atoms with E-state index in [1.165, 1.54) is 4.90 Å². The molecule has 3 N–H and O–H groups in total. The van der Waals surface area contributed by atoms with E-state index < -0.39 is 5.97 Å². The zero-order valence-corrected chi connectivity index (χ0v) is 14.6. The summed E-state index contributed by atoms with van der Waals surface area (Å²) in [5, 5.41) is 9.25. The standard InChI is InChI=1S/C20H19N3O3/c1-23(2)19(24)15-5-3-4-12(8-15)13-6-7-14-9-16(20(25)26)11-18(21)22-17(14)10-13/h3-10H,11H2,1-2H3,(H2,21,22)(H,25,26). The molecule has 2 aromatic rings. The lowest BCUT2D eigenvalue weighted by Gasteiger charge is -2.12. The van der Waals surface area contributed by atoms with E-state index in [0.717, 1.165) is 11.1 Å². The maximum Gasteiger partial charge on any atom is 0.332 e. The molecule has 6 heteroatoms. The highest BCUT2D eigenvalue weighted by atomic mass is 16.4. The van der Waals surface area contributed by atoms with Gasteiger partial charge in [-0.3, -0.25) is 4.79 Å². The summed E-state index contributed by atoms with van der Waals surface area (Å²) in [6.07, 6.45) is 1.70. The molecule has 0 spiro atoms. The molecule has 1 heterocycles. The Morgan fingerprint density at radius 1 is 1.12 bits per heavy atom. The molecule has 26 heavy (non-hydrogen) atoms. The second-order valence-electron chi connectivity index (χ2n) is 6.31. The number of carbonyl (C=O) groups excluding carboxylic acids is 1. The number of carboxylic acid groups (broad SMARTS) is 1. The van der Waals surface area contributed by atoms with Crippen molar-refractivity contribution in [1.82, 2.24) is 4.90 Å². The van der Waals surface area contributed by atoms with E-state index in [0.29, 0.717) is 16.8 Å². The third kappa shape index (κ3) is 3.49. The smallest absolute Gasteiger partial charge is 0.332 e. The number of carboxylic acids is 1. The maximum absolute atomic E-state index is 12.2. The topological polar surface area (TPSA) is 96.0 Å². The van der Waals surface area contributed by atoms with Gasteiger partial charge >= 0.3 is 5.97 Å². The predicted octanol–water partition coefficient (Wildman–Crippen LogP) is 2.92. The van der Waals surface area contributed by atoms with E-state index >= 15 is 0 Å². The lowest BCUT2D eigenvalue weighted by Crippen LogP contribution is -2.21. The Hall–Kier alpha value is -3.41. The number of fused-ring (bicyclic) bond motifs is 1. The van der Waals surface area contributed by atoms with Crippen molar-refractivity contribution in [1.29, 1.82) is 0 Å². The van der Waals surface area contributed by atoms with Gasteiger partial charge < -0.3 is 15.7 Å². The van der Waals surface area contributed by atoms with Crippen molar-refractivity contribution in [3.63, 3.8) is 0 Å². The van der Waals surface area contributed by atoms with Crippen LogP contribution in [0.15, 0.2) is 53.0 Å². The summed E-state index contributed by atoms with van der Waals surface area (Å²) in [7, 11) is 3.42. The molecule has 0 fully saturated rings. The molecular weight excluding hydrogens is 330 g/mol. The van der Waals surface area contributed by atoms with Crippen LogP contribution in [0.1, 0.15) is 22.3 Å². The Bertz CT molecular complexity index is 959. The number of hydrogen-bond donors (Lipinski definition) is 2. The molecular formula is C20H19N3O3. The first-order valence-electron chi connectivity index (χ1n) is 8.08. The maximum atomic E-state index is 12.2. The molecule has 1 aliphatic heterocycles. The number of carbonyl (C=O) groups is 2. The van der Waals surface area contributed by atoms with Crippen LogP contribution in [0.5, 0.6) is 0 Å². The normalized spacial score (nSPS) is 13.2. The summed E-state index contributed by atoms with van der Waals surface area (Å²) in [4.78, 5) is 29.3. The Morgan fingerprint density at radius 3 is 2.54 bits per heavy atom. The summed E-state index contributed by atoms with van der Waals surface area (Å²) in [5.41, 5.74) is 9.72. The van der Waals surface area contributed by atoms with E-state index in [1.54, 1.807) is 26.2 Å². The average Bonchev–Trinajstić information content (AvgIpc) is 2.78. The summed E-state index contributed by atoms with van der Waals surface area (Å²) < 4.78 is 0. The van der Waals surface area contributed by atoms with Crippen LogP contribution >= 0.6 is 0 Å². The monoisotopic (exact) mass is 349 g/mol.